The van der Waals surface area contributed by atoms with E-state index in [9.17, 15) is 9.90 Å². The maximum Gasteiger partial charge on any atom is 0.225 e. The Morgan fingerprint density at radius 1 is 1.47 bits per heavy atom. The van der Waals surface area contributed by atoms with Crippen molar-refractivity contribution in [1.29, 1.82) is 0 Å². The Bertz CT molecular complexity index is 333. The van der Waals surface area contributed by atoms with Gasteiger partial charge in [-0.1, -0.05) is 19.9 Å². The van der Waals surface area contributed by atoms with E-state index in [1.165, 1.54) is 11.3 Å². The van der Waals surface area contributed by atoms with Crippen molar-refractivity contribution in [3.05, 3.63) is 22.4 Å². The molecule has 1 amide bonds. The first kappa shape index (κ1) is 14.2. The molecule has 0 saturated heterocycles. The molecule has 0 aliphatic carbocycles. The third-order valence-corrected chi connectivity index (χ3v) is 4.00. The quantitative estimate of drug-likeness (QED) is 0.849. The molecule has 1 atom stereocenters. The van der Waals surface area contributed by atoms with Crippen molar-refractivity contribution in [3.8, 4) is 0 Å². The lowest BCUT2D eigenvalue weighted by Crippen LogP contribution is -2.35. The van der Waals surface area contributed by atoms with E-state index in [4.69, 9.17) is 0 Å². The molecule has 0 spiro atoms. The molecule has 1 rings (SSSR count). The highest BCUT2D eigenvalue weighted by Gasteiger charge is 2.21. The van der Waals surface area contributed by atoms with Gasteiger partial charge in [0.1, 0.15) is 6.10 Å². The first-order chi connectivity index (χ1) is 8.10. The molecular formula is C13H21NO2S. The van der Waals surface area contributed by atoms with Gasteiger partial charge in [0.15, 0.2) is 0 Å². The fourth-order valence-corrected chi connectivity index (χ4v) is 2.57. The Morgan fingerprint density at radius 3 is 2.59 bits per heavy atom. The molecule has 17 heavy (non-hydrogen) atoms. The van der Waals surface area contributed by atoms with Gasteiger partial charge in [0.25, 0.3) is 0 Å². The van der Waals surface area contributed by atoms with Crippen molar-refractivity contribution in [2.75, 3.05) is 13.6 Å². The molecule has 0 saturated carbocycles. The second-order valence-electron chi connectivity index (χ2n) is 4.26. The standard InChI is InChI=1S/C13H21NO2S/c1-4-10(5-2)13(16)14(3)9-11(15)12-7-6-8-17-12/h6-8,10-11,15H,4-5,9H2,1-3H3. The zero-order valence-corrected chi connectivity index (χ0v) is 11.5. The van der Waals surface area contributed by atoms with Crippen LogP contribution in [0, 0.1) is 5.92 Å². The minimum Gasteiger partial charge on any atom is -0.386 e. The molecule has 0 radical (unpaired) electrons. The van der Waals surface area contributed by atoms with Gasteiger partial charge in [-0.2, -0.15) is 0 Å². The van der Waals surface area contributed by atoms with E-state index in [2.05, 4.69) is 0 Å². The number of thiophene rings is 1. The summed E-state index contributed by atoms with van der Waals surface area (Å²) < 4.78 is 0. The largest absolute Gasteiger partial charge is 0.386 e. The summed E-state index contributed by atoms with van der Waals surface area (Å²) in [4.78, 5) is 14.6. The molecule has 1 N–H and O–H groups in total. The average Bonchev–Trinajstić information content (AvgIpc) is 2.83. The third kappa shape index (κ3) is 3.82. The summed E-state index contributed by atoms with van der Waals surface area (Å²) in [5.41, 5.74) is 0. The van der Waals surface area contributed by atoms with Crippen LogP contribution < -0.4 is 0 Å². The van der Waals surface area contributed by atoms with Crippen LogP contribution in [0.15, 0.2) is 17.5 Å². The van der Waals surface area contributed by atoms with Gasteiger partial charge in [-0.05, 0) is 24.3 Å². The van der Waals surface area contributed by atoms with E-state index in [-0.39, 0.29) is 11.8 Å². The van der Waals surface area contributed by atoms with Gasteiger partial charge in [-0.25, -0.2) is 0 Å². The number of carbonyl (C=O) groups is 1. The number of rotatable bonds is 6. The van der Waals surface area contributed by atoms with Crippen LogP contribution in [0.4, 0.5) is 0 Å². The summed E-state index contributed by atoms with van der Waals surface area (Å²) in [6.45, 7) is 4.42. The number of nitrogens with zero attached hydrogens (tertiary/aromatic N) is 1. The smallest absolute Gasteiger partial charge is 0.225 e. The molecule has 1 unspecified atom stereocenters. The molecule has 1 aromatic heterocycles. The van der Waals surface area contributed by atoms with Crippen LogP contribution in [0.3, 0.4) is 0 Å². The van der Waals surface area contributed by atoms with E-state index in [1.54, 1.807) is 11.9 Å². The predicted molar refractivity (Wildman–Crippen MR) is 71.0 cm³/mol. The van der Waals surface area contributed by atoms with Gasteiger partial charge in [0, 0.05) is 17.8 Å². The second-order valence-corrected chi connectivity index (χ2v) is 5.24. The second kappa shape index (κ2) is 6.77. The van der Waals surface area contributed by atoms with Crippen LogP contribution in [0.2, 0.25) is 0 Å². The molecule has 1 aromatic rings. The number of aliphatic hydroxyl groups is 1. The van der Waals surface area contributed by atoms with Crippen LogP contribution in [0.1, 0.15) is 37.7 Å². The SMILES string of the molecule is CCC(CC)C(=O)N(C)CC(O)c1cccs1. The summed E-state index contributed by atoms with van der Waals surface area (Å²) >= 11 is 1.52. The highest BCUT2D eigenvalue weighted by Crippen LogP contribution is 2.20. The van der Waals surface area contributed by atoms with Crippen molar-refractivity contribution >= 4 is 17.2 Å². The van der Waals surface area contributed by atoms with Gasteiger partial charge in [-0.15, -0.1) is 11.3 Å². The van der Waals surface area contributed by atoms with Gasteiger partial charge < -0.3 is 10.0 Å². The number of aliphatic hydroxyl groups excluding tert-OH is 1. The Labute approximate surface area is 107 Å². The Kier molecular flexibility index (Phi) is 5.65. The third-order valence-electron chi connectivity index (χ3n) is 3.03. The zero-order valence-electron chi connectivity index (χ0n) is 10.7. The maximum absolute atomic E-state index is 12.0. The fourth-order valence-electron chi connectivity index (χ4n) is 1.87. The van der Waals surface area contributed by atoms with Crippen molar-refractivity contribution in [1.82, 2.24) is 4.90 Å². The fraction of sp³-hybridized carbons (Fsp3) is 0.615. The highest BCUT2D eigenvalue weighted by molar-refractivity contribution is 7.10. The van der Waals surface area contributed by atoms with E-state index in [1.807, 2.05) is 31.4 Å². The van der Waals surface area contributed by atoms with Crippen LogP contribution in [-0.4, -0.2) is 29.5 Å². The maximum atomic E-state index is 12.0. The van der Waals surface area contributed by atoms with E-state index < -0.39 is 6.10 Å². The van der Waals surface area contributed by atoms with Gasteiger partial charge in [0.2, 0.25) is 5.91 Å². The first-order valence-corrected chi connectivity index (χ1v) is 6.94. The lowest BCUT2D eigenvalue weighted by Gasteiger charge is -2.24. The summed E-state index contributed by atoms with van der Waals surface area (Å²) in [5.74, 6) is 0.209. The predicted octanol–water partition coefficient (Wildman–Crippen LogP) is 2.68. The summed E-state index contributed by atoms with van der Waals surface area (Å²) in [7, 11) is 1.76. The summed E-state index contributed by atoms with van der Waals surface area (Å²) in [5, 5.41) is 11.9. The lowest BCUT2D eigenvalue weighted by atomic mass is 10.0. The summed E-state index contributed by atoms with van der Waals surface area (Å²) in [6, 6.07) is 3.80. The zero-order chi connectivity index (χ0) is 12.8. The van der Waals surface area contributed by atoms with Crippen molar-refractivity contribution in [2.24, 2.45) is 5.92 Å². The first-order valence-electron chi connectivity index (χ1n) is 6.06. The van der Waals surface area contributed by atoms with E-state index >= 15 is 0 Å². The minimum atomic E-state index is -0.571. The van der Waals surface area contributed by atoms with Crippen LogP contribution in [-0.2, 0) is 4.79 Å². The molecule has 0 aromatic carbocycles. The topological polar surface area (TPSA) is 40.5 Å². The van der Waals surface area contributed by atoms with Crippen LogP contribution in [0.5, 0.6) is 0 Å². The number of carbonyl (C=O) groups excluding carboxylic acids is 1. The Balaban J connectivity index is 2.54. The molecule has 0 aliphatic heterocycles. The molecule has 0 fully saturated rings. The van der Waals surface area contributed by atoms with Gasteiger partial charge >= 0.3 is 0 Å². The molecule has 3 nitrogen and oxygen atoms in total. The molecule has 4 heteroatoms. The Morgan fingerprint density at radius 2 is 2.12 bits per heavy atom. The normalized spacial score (nSPS) is 12.8. The molecule has 96 valence electrons. The highest BCUT2D eigenvalue weighted by atomic mass is 32.1. The number of hydrogen-bond donors (Lipinski definition) is 1. The van der Waals surface area contributed by atoms with E-state index in [0.29, 0.717) is 6.54 Å². The molecule has 1 heterocycles. The van der Waals surface area contributed by atoms with Crippen LogP contribution >= 0.6 is 11.3 Å². The number of amides is 1. The van der Waals surface area contributed by atoms with Gasteiger partial charge in [-0.3, -0.25) is 4.79 Å². The van der Waals surface area contributed by atoms with Crippen molar-refractivity contribution < 1.29 is 9.90 Å². The van der Waals surface area contributed by atoms with E-state index in [0.717, 1.165) is 17.7 Å². The monoisotopic (exact) mass is 255 g/mol. The van der Waals surface area contributed by atoms with Crippen molar-refractivity contribution in [3.63, 3.8) is 0 Å². The molecular weight excluding hydrogens is 234 g/mol. The number of hydrogen-bond acceptors (Lipinski definition) is 3. The minimum absolute atomic E-state index is 0.0792. The van der Waals surface area contributed by atoms with Crippen molar-refractivity contribution in [2.45, 2.75) is 32.8 Å². The van der Waals surface area contributed by atoms with Gasteiger partial charge in [0.05, 0.1) is 6.54 Å². The lowest BCUT2D eigenvalue weighted by molar-refractivity contribution is -0.135. The molecule has 0 bridgehead atoms. The number of likely N-dealkylation sites (N-methyl/N-ethyl adjacent to an activating group) is 1. The van der Waals surface area contributed by atoms with Crippen LogP contribution in [0.25, 0.3) is 0 Å². The Hall–Kier alpha value is -0.870. The summed E-state index contributed by atoms with van der Waals surface area (Å²) in [6.07, 6.45) is 1.14. The average molecular weight is 255 g/mol. The molecule has 0 aliphatic rings.